The molecule has 0 aromatic heterocycles. The molecule has 0 spiro atoms. The zero-order valence-corrected chi connectivity index (χ0v) is 6.53. The molecule has 2 atom stereocenters. The van der Waals surface area contributed by atoms with Crippen molar-refractivity contribution in [2.75, 3.05) is 0 Å². The van der Waals surface area contributed by atoms with Crippen LogP contribution >= 0.6 is 0 Å². The lowest BCUT2D eigenvalue weighted by molar-refractivity contribution is -0.528. The van der Waals surface area contributed by atoms with E-state index >= 15 is 0 Å². The molecule has 0 heterocycles. The number of rotatable bonds is 1. The molecule has 0 aliphatic heterocycles. The summed E-state index contributed by atoms with van der Waals surface area (Å²) in [4.78, 5) is 10.4. The minimum Gasteiger partial charge on any atom is -0.264 e. The van der Waals surface area contributed by atoms with Crippen LogP contribution in [-0.4, -0.2) is 11.0 Å². The van der Waals surface area contributed by atoms with Crippen LogP contribution in [0.3, 0.4) is 0 Å². The zero-order chi connectivity index (χ0) is 7.84. The van der Waals surface area contributed by atoms with Crippen LogP contribution in [0.15, 0.2) is 0 Å². The highest BCUT2D eigenvalue weighted by Gasteiger charge is 2.39. The lowest BCUT2D eigenvalue weighted by Crippen LogP contribution is -2.27. The predicted molar refractivity (Wildman–Crippen MR) is 40.8 cm³/mol. The van der Waals surface area contributed by atoms with Gasteiger partial charge in [0.15, 0.2) is 0 Å². The van der Waals surface area contributed by atoms with Gasteiger partial charge in [-0.15, -0.1) is 0 Å². The summed E-state index contributed by atoms with van der Waals surface area (Å²) in [6.45, 7) is 0. The molecule has 0 radical (unpaired) electrons. The van der Waals surface area contributed by atoms with Gasteiger partial charge in [0.2, 0.25) is 6.04 Å². The molecule has 2 saturated carbocycles. The van der Waals surface area contributed by atoms with Crippen LogP contribution in [0.4, 0.5) is 0 Å². The van der Waals surface area contributed by atoms with Crippen LogP contribution in [-0.2, 0) is 0 Å². The molecule has 2 rings (SSSR count). The zero-order valence-electron chi connectivity index (χ0n) is 6.53. The monoisotopic (exact) mass is 155 g/mol. The lowest BCUT2D eigenvalue weighted by atomic mass is 9.86. The first kappa shape index (κ1) is 7.07. The standard InChI is InChI=1S/C8H13NO2/c10-9(11)8-4-6-1-2-7(3-6)5-8/h6-8H,1-5H2. The second-order valence-corrected chi connectivity index (χ2v) is 3.96. The average molecular weight is 155 g/mol. The van der Waals surface area contributed by atoms with Crippen molar-refractivity contribution in [3.8, 4) is 0 Å². The second kappa shape index (κ2) is 2.47. The summed E-state index contributed by atoms with van der Waals surface area (Å²) in [5.41, 5.74) is 0. The molecular formula is C8H13NO2. The van der Waals surface area contributed by atoms with E-state index in [0.29, 0.717) is 11.8 Å². The van der Waals surface area contributed by atoms with Gasteiger partial charge in [0, 0.05) is 17.8 Å². The summed E-state index contributed by atoms with van der Waals surface area (Å²) < 4.78 is 0. The maximum atomic E-state index is 10.5. The summed E-state index contributed by atoms with van der Waals surface area (Å²) in [6, 6.07) is -0.207. The Morgan fingerprint density at radius 1 is 1.09 bits per heavy atom. The van der Waals surface area contributed by atoms with E-state index in [0.717, 1.165) is 12.8 Å². The Balaban J connectivity index is 2.02. The van der Waals surface area contributed by atoms with Crippen molar-refractivity contribution >= 4 is 0 Å². The van der Waals surface area contributed by atoms with Gasteiger partial charge in [-0.2, -0.15) is 0 Å². The molecule has 0 amide bonds. The molecule has 62 valence electrons. The number of hydrogen-bond donors (Lipinski definition) is 0. The molecule has 2 aliphatic rings. The normalized spacial score (nSPS) is 42.4. The van der Waals surface area contributed by atoms with Crippen molar-refractivity contribution in [2.24, 2.45) is 11.8 Å². The smallest absolute Gasteiger partial charge is 0.213 e. The molecule has 0 saturated heterocycles. The Morgan fingerprint density at radius 2 is 1.64 bits per heavy atom. The molecule has 3 heteroatoms. The number of fused-ring (bicyclic) bond motifs is 2. The SMILES string of the molecule is O=[N+]([O-])C1CC2CCC(C2)C1. The second-order valence-electron chi connectivity index (χ2n) is 3.96. The molecule has 2 fully saturated rings. The van der Waals surface area contributed by atoms with Crippen LogP contribution in [0.25, 0.3) is 0 Å². The summed E-state index contributed by atoms with van der Waals surface area (Å²) in [7, 11) is 0. The summed E-state index contributed by atoms with van der Waals surface area (Å²) >= 11 is 0. The molecule has 2 unspecified atom stereocenters. The van der Waals surface area contributed by atoms with Crippen molar-refractivity contribution in [3.63, 3.8) is 0 Å². The third kappa shape index (κ3) is 1.24. The molecule has 0 aromatic carbocycles. The van der Waals surface area contributed by atoms with Gasteiger partial charge in [0.1, 0.15) is 0 Å². The minimum atomic E-state index is -0.207. The fourth-order valence-corrected chi connectivity index (χ4v) is 2.64. The van der Waals surface area contributed by atoms with E-state index in [2.05, 4.69) is 0 Å². The van der Waals surface area contributed by atoms with Gasteiger partial charge < -0.3 is 0 Å². The van der Waals surface area contributed by atoms with Crippen molar-refractivity contribution in [1.29, 1.82) is 0 Å². The van der Waals surface area contributed by atoms with Crippen molar-refractivity contribution in [2.45, 2.75) is 38.1 Å². The predicted octanol–water partition coefficient (Wildman–Crippen LogP) is 1.84. The maximum absolute atomic E-state index is 10.5. The Hall–Kier alpha value is -0.600. The van der Waals surface area contributed by atoms with Gasteiger partial charge in [0.05, 0.1) is 0 Å². The quantitative estimate of drug-likeness (QED) is 0.428. The maximum Gasteiger partial charge on any atom is 0.213 e. The highest BCUT2D eigenvalue weighted by Crippen LogP contribution is 2.42. The van der Waals surface area contributed by atoms with Gasteiger partial charge in [-0.25, -0.2) is 0 Å². The van der Waals surface area contributed by atoms with Crippen molar-refractivity contribution in [3.05, 3.63) is 10.1 Å². The highest BCUT2D eigenvalue weighted by molar-refractivity contribution is 4.85. The van der Waals surface area contributed by atoms with Crippen LogP contribution in [0.2, 0.25) is 0 Å². The number of hydrogen-bond acceptors (Lipinski definition) is 2. The van der Waals surface area contributed by atoms with Gasteiger partial charge in [-0.1, -0.05) is 0 Å². The average Bonchev–Trinajstić information content (AvgIpc) is 2.30. The minimum absolute atomic E-state index is 0.0789. The molecule has 0 aromatic rings. The summed E-state index contributed by atoms with van der Waals surface area (Å²) in [5.74, 6) is 1.37. The highest BCUT2D eigenvalue weighted by atomic mass is 16.6. The van der Waals surface area contributed by atoms with E-state index in [1.807, 2.05) is 0 Å². The van der Waals surface area contributed by atoms with E-state index in [1.165, 1.54) is 19.3 Å². The fourth-order valence-electron chi connectivity index (χ4n) is 2.64. The molecule has 2 aliphatic carbocycles. The van der Waals surface area contributed by atoms with Gasteiger partial charge in [-0.3, -0.25) is 10.1 Å². The summed E-state index contributed by atoms with van der Waals surface area (Å²) in [5, 5.41) is 10.5. The molecular weight excluding hydrogens is 142 g/mol. The van der Waals surface area contributed by atoms with Crippen LogP contribution < -0.4 is 0 Å². The Bertz CT molecular complexity index is 169. The van der Waals surface area contributed by atoms with Crippen LogP contribution in [0.1, 0.15) is 32.1 Å². The molecule has 3 nitrogen and oxygen atoms in total. The number of nitrogens with zero attached hydrogens (tertiary/aromatic N) is 1. The third-order valence-electron chi connectivity index (χ3n) is 3.16. The topological polar surface area (TPSA) is 43.1 Å². The fraction of sp³-hybridized carbons (Fsp3) is 1.00. The van der Waals surface area contributed by atoms with E-state index in [4.69, 9.17) is 0 Å². The third-order valence-corrected chi connectivity index (χ3v) is 3.16. The molecule has 0 N–H and O–H groups in total. The van der Waals surface area contributed by atoms with E-state index < -0.39 is 0 Å². The largest absolute Gasteiger partial charge is 0.264 e. The summed E-state index contributed by atoms with van der Waals surface area (Å²) in [6.07, 6.45) is 5.46. The Labute approximate surface area is 65.9 Å². The molecule has 2 bridgehead atoms. The first-order chi connectivity index (χ1) is 5.25. The van der Waals surface area contributed by atoms with Crippen molar-refractivity contribution < 1.29 is 4.92 Å². The first-order valence-electron chi connectivity index (χ1n) is 4.39. The first-order valence-corrected chi connectivity index (χ1v) is 4.39. The number of nitro groups is 1. The van der Waals surface area contributed by atoms with Crippen LogP contribution in [0.5, 0.6) is 0 Å². The van der Waals surface area contributed by atoms with E-state index in [-0.39, 0.29) is 11.0 Å². The van der Waals surface area contributed by atoms with E-state index in [1.54, 1.807) is 0 Å². The Morgan fingerprint density at radius 3 is 2.09 bits per heavy atom. The van der Waals surface area contributed by atoms with Gasteiger partial charge in [0.25, 0.3) is 0 Å². The van der Waals surface area contributed by atoms with Gasteiger partial charge >= 0.3 is 0 Å². The lowest BCUT2D eigenvalue weighted by Gasteiger charge is -2.21. The van der Waals surface area contributed by atoms with Gasteiger partial charge in [-0.05, 0) is 31.1 Å². The van der Waals surface area contributed by atoms with Crippen LogP contribution in [0, 0.1) is 22.0 Å². The van der Waals surface area contributed by atoms with E-state index in [9.17, 15) is 10.1 Å². The van der Waals surface area contributed by atoms with Crippen molar-refractivity contribution in [1.82, 2.24) is 0 Å². The Kier molecular flexibility index (Phi) is 1.59. The molecule has 11 heavy (non-hydrogen) atoms.